The zero-order chi connectivity index (χ0) is 22.8. The fraction of sp³-hybridized carbons (Fsp3) is 0.391. The van der Waals surface area contributed by atoms with E-state index in [-0.39, 0.29) is 18.4 Å². The number of aliphatic hydroxyl groups is 1. The molecule has 2 aromatic rings. The molecule has 1 aromatic carbocycles. The minimum atomic E-state index is -0.688. The Morgan fingerprint density at radius 3 is 2.84 bits per heavy atom. The van der Waals surface area contributed by atoms with Gasteiger partial charge in [0.2, 0.25) is 0 Å². The maximum atomic E-state index is 13.7. The molecule has 2 amide bonds. The van der Waals surface area contributed by atoms with Gasteiger partial charge in [-0.25, -0.2) is 4.39 Å². The Morgan fingerprint density at radius 2 is 2.09 bits per heavy atom. The van der Waals surface area contributed by atoms with E-state index in [9.17, 15) is 19.1 Å². The molecule has 2 aliphatic heterocycles. The summed E-state index contributed by atoms with van der Waals surface area (Å²) in [5.41, 5.74) is 3.75. The number of hydrogen-bond donors (Lipinski definition) is 4. The van der Waals surface area contributed by atoms with Gasteiger partial charge < -0.3 is 25.5 Å². The van der Waals surface area contributed by atoms with E-state index < -0.39 is 11.9 Å². The smallest absolute Gasteiger partial charge is 0.256 e. The third kappa shape index (κ3) is 4.59. The molecule has 4 rings (SSSR count). The van der Waals surface area contributed by atoms with Gasteiger partial charge in [0.05, 0.1) is 30.5 Å². The fourth-order valence-corrected chi connectivity index (χ4v) is 4.15. The highest BCUT2D eigenvalue weighted by Gasteiger charge is 2.26. The number of rotatable bonds is 6. The van der Waals surface area contributed by atoms with Crippen LogP contribution in [0.4, 0.5) is 10.1 Å². The Labute approximate surface area is 185 Å². The molecule has 170 valence electrons. The fourth-order valence-electron chi connectivity index (χ4n) is 4.15. The van der Waals surface area contributed by atoms with Gasteiger partial charge in [-0.15, -0.1) is 0 Å². The number of nitrogens with one attached hydrogen (secondary N) is 3. The summed E-state index contributed by atoms with van der Waals surface area (Å²) in [6, 6.07) is 4.13. The number of ether oxygens (including phenoxy) is 1. The number of nitrogens with zero attached hydrogens (tertiary/aromatic N) is 1. The Bertz CT molecular complexity index is 1070. The van der Waals surface area contributed by atoms with Crippen LogP contribution in [0.2, 0.25) is 0 Å². The van der Waals surface area contributed by atoms with Crippen LogP contribution in [0.15, 0.2) is 18.2 Å². The molecule has 9 heteroatoms. The van der Waals surface area contributed by atoms with Crippen molar-refractivity contribution in [1.82, 2.24) is 15.2 Å². The summed E-state index contributed by atoms with van der Waals surface area (Å²) in [6.45, 7) is 6.98. The van der Waals surface area contributed by atoms with Crippen molar-refractivity contribution >= 4 is 29.2 Å². The molecule has 0 radical (unpaired) electrons. The monoisotopic (exact) mass is 442 g/mol. The first-order valence-corrected chi connectivity index (χ1v) is 10.6. The molecule has 2 aliphatic rings. The molecule has 8 nitrogen and oxygen atoms in total. The highest BCUT2D eigenvalue weighted by atomic mass is 19.1. The van der Waals surface area contributed by atoms with Gasteiger partial charge in [0, 0.05) is 48.8 Å². The summed E-state index contributed by atoms with van der Waals surface area (Å²) in [7, 11) is 0. The van der Waals surface area contributed by atoms with Crippen LogP contribution in [-0.2, 0) is 9.53 Å². The second-order valence-electron chi connectivity index (χ2n) is 8.14. The predicted molar refractivity (Wildman–Crippen MR) is 119 cm³/mol. The van der Waals surface area contributed by atoms with Gasteiger partial charge in [-0.2, -0.15) is 0 Å². The molecule has 0 aliphatic carbocycles. The van der Waals surface area contributed by atoms with Gasteiger partial charge in [-0.1, -0.05) is 0 Å². The summed E-state index contributed by atoms with van der Waals surface area (Å²) in [5.74, 6) is -1.06. The second-order valence-corrected chi connectivity index (χ2v) is 8.14. The van der Waals surface area contributed by atoms with Gasteiger partial charge >= 0.3 is 0 Å². The van der Waals surface area contributed by atoms with Crippen LogP contribution in [-0.4, -0.2) is 72.3 Å². The first-order chi connectivity index (χ1) is 15.3. The van der Waals surface area contributed by atoms with Crippen molar-refractivity contribution in [3.8, 4) is 0 Å². The van der Waals surface area contributed by atoms with Crippen LogP contribution in [0.1, 0.15) is 32.9 Å². The quantitative estimate of drug-likeness (QED) is 0.510. The number of β-amino-alcohol motifs (C(OH)–C–C–N with tert-alkyl or cyclic N) is 1. The Hall–Kier alpha value is -3.01. The van der Waals surface area contributed by atoms with E-state index in [4.69, 9.17) is 4.74 Å². The van der Waals surface area contributed by atoms with E-state index in [0.29, 0.717) is 59.1 Å². The van der Waals surface area contributed by atoms with Gasteiger partial charge in [0.25, 0.3) is 11.8 Å². The predicted octanol–water partition coefficient (Wildman–Crippen LogP) is 1.69. The number of morpholine rings is 1. The maximum absolute atomic E-state index is 13.7. The highest BCUT2D eigenvalue weighted by Crippen LogP contribution is 2.34. The SMILES string of the molecule is Cc1[nH]c(/C=C2/C(=O)Nc3ccc(F)cc32)c(C)c1C(=O)NCC(O)CN1CCOCC1. The molecule has 1 saturated heterocycles. The molecule has 0 saturated carbocycles. The highest BCUT2D eigenvalue weighted by molar-refractivity contribution is 6.34. The normalized spacial score (nSPS) is 18.5. The Morgan fingerprint density at radius 1 is 1.34 bits per heavy atom. The standard InChI is InChI=1S/C23H27FN4O4/c1-13-20(10-18-17-9-15(24)3-4-19(17)27-22(18)30)26-14(2)21(13)23(31)25-11-16(29)12-28-5-7-32-8-6-28/h3-4,9-10,16,26,29H,5-8,11-12H2,1-2H3,(H,25,31)(H,27,30)/b18-10+. The van der Waals surface area contributed by atoms with Crippen molar-refractivity contribution in [1.29, 1.82) is 0 Å². The molecular weight excluding hydrogens is 415 g/mol. The number of aryl methyl sites for hydroxylation is 1. The number of halogens is 1. The second kappa shape index (κ2) is 9.23. The number of H-pyrrole nitrogens is 1. The van der Waals surface area contributed by atoms with E-state index in [1.807, 2.05) is 0 Å². The van der Waals surface area contributed by atoms with E-state index >= 15 is 0 Å². The topological polar surface area (TPSA) is 107 Å². The summed E-state index contributed by atoms with van der Waals surface area (Å²) < 4.78 is 19.0. The summed E-state index contributed by atoms with van der Waals surface area (Å²) in [4.78, 5) is 30.5. The molecule has 0 bridgehead atoms. The number of aliphatic hydroxyl groups excluding tert-OH is 1. The van der Waals surface area contributed by atoms with Gasteiger partial charge in [-0.3, -0.25) is 14.5 Å². The van der Waals surface area contributed by atoms with Crippen LogP contribution >= 0.6 is 0 Å². The van der Waals surface area contributed by atoms with Crippen LogP contribution in [0, 0.1) is 19.7 Å². The Kier molecular flexibility index (Phi) is 6.40. The van der Waals surface area contributed by atoms with Crippen LogP contribution in [0.5, 0.6) is 0 Å². The summed E-state index contributed by atoms with van der Waals surface area (Å²) in [6.07, 6.45) is 0.944. The first-order valence-electron chi connectivity index (χ1n) is 10.6. The molecule has 32 heavy (non-hydrogen) atoms. The lowest BCUT2D eigenvalue weighted by Crippen LogP contribution is -2.44. The van der Waals surface area contributed by atoms with E-state index in [1.54, 1.807) is 19.9 Å². The number of aromatic amines is 1. The number of benzene rings is 1. The molecule has 1 fully saturated rings. The molecule has 4 N–H and O–H groups in total. The van der Waals surface area contributed by atoms with Crippen molar-refractivity contribution in [3.63, 3.8) is 0 Å². The van der Waals surface area contributed by atoms with Crippen molar-refractivity contribution in [2.24, 2.45) is 0 Å². The van der Waals surface area contributed by atoms with Crippen molar-refractivity contribution in [3.05, 3.63) is 52.1 Å². The number of aromatic nitrogens is 1. The summed E-state index contributed by atoms with van der Waals surface area (Å²) >= 11 is 0. The van der Waals surface area contributed by atoms with E-state index in [0.717, 1.165) is 13.1 Å². The minimum absolute atomic E-state index is 0.131. The Balaban J connectivity index is 1.47. The molecular formula is C23H27FN4O4. The van der Waals surface area contributed by atoms with E-state index in [1.165, 1.54) is 18.2 Å². The number of carbonyl (C=O) groups is 2. The molecule has 1 atom stereocenters. The van der Waals surface area contributed by atoms with Gasteiger partial charge in [0.1, 0.15) is 5.82 Å². The van der Waals surface area contributed by atoms with Gasteiger partial charge in [-0.05, 0) is 43.7 Å². The third-order valence-corrected chi connectivity index (χ3v) is 5.83. The van der Waals surface area contributed by atoms with Crippen molar-refractivity contribution in [2.75, 3.05) is 44.7 Å². The lowest BCUT2D eigenvalue weighted by molar-refractivity contribution is -0.110. The average Bonchev–Trinajstić information content (AvgIpc) is 3.22. The molecule has 1 aromatic heterocycles. The number of anilines is 1. The first kappa shape index (κ1) is 22.2. The van der Waals surface area contributed by atoms with Crippen LogP contribution in [0.3, 0.4) is 0 Å². The molecule has 0 spiro atoms. The zero-order valence-electron chi connectivity index (χ0n) is 18.1. The minimum Gasteiger partial charge on any atom is -0.390 e. The lowest BCUT2D eigenvalue weighted by Gasteiger charge is -2.28. The van der Waals surface area contributed by atoms with Crippen LogP contribution < -0.4 is 10.6 Å². The van der Waals surface area contributed by atoms with Gasteiger partial charge in [0.15, 0.2) is 0 Å². The molecule has 3 heterocycles. The van der Waals surface area contributed by atoms with E-state index in [2.05, 4.69) is 20.5 Å². The number of carbonyl (C=O) groups excluding carboxylic acids is 2. The number of amides is 2. The number of hydrogen-bond acceptors (Lipinski definition) is 5. The molecule has 1 unspecified atom stereocenters. The number of fused-ring (bicyclic) bond motifs is 1. The van der Waals surface area contributed by atoms with Crippen LogP contribution in [0.25, 0.3) is 11.6 Å². The zero-order valence-corrected chi connectivity index (χ0v) is 18.1. The summed E-state index contributed by atoms with van der Waals surface area (Å²) in [5, 5.41) is 15.8. The van der Waals surface area contributed by atoms with Crippen molar-refractivity contribution in [2.45, 2.75) is 20.0 Å². The average molecular weight is 442 g/mol. The van der Waals surface area contributed by atoms with Crippen molar-refractivity contribution < 1.29 is 23.8 Å². The lowest BCUT2D eigenvalue weighted by atomic mass is 10.0. The third-order valence-electron chi connectivity index (χ3n) is 5.83. The maximum Gasteiger partial charge on any atom is 0.256 e. The largest absolute Gasteiger partial charge is 0.390 e.